The number of nitro groups is 1. The first kappa shape index (κ1) is 39.0. The van der Waals surface area contributed by atoms with E-state index < -0.39 is 21.6 Å². The number of ether oxygens (including phenoxy) is 1. The summed E-state index contributed by atoms with van der Waals surface area (Å²) in [6.07, 6.45) is 9.07. The topological polar surface area (TPSA) is 103 Å². The molecular weight excluding hydrogens is 689 g/mol. The zero-order chi connectivity index (χ0) is 37.2. The molecule has 1 aromatic heterocycles. The summed E-state index contributed by atoms with van der Waals surface area (Å²) < 4.78 is 22.8. The lowest BCUT2D eigenvalue weighted by Crippen LogP contribution is -2.26. The highest BCUT2D eigenvalue weighted by molar-refractivity contribution is 8.13. The van der Waals surface area contributed by atoms with Gasteiger partial charge < -0.3 is 10.1 Å². The molecule has 0 aliphatic heterocycles. The number of methoxy groups -OCH3 is 1. The third-order valence-corrected chi connectivity index (χ3v) is 10.9. The smallest absolute Gasteiger partial charge is 0.307 e. The number of benzene rings is 3. The monoisotopic (exact) mass is 731 g/mol. The number of nitrogens with one attached hydrogen (secondary N) is 1. The summed E-state index contributed by atoms with van der Waals surface area (Å²) in [6, 6.07) is 17.4. The van der Waals surface area contributed by atoms with Crippen molar-refractivity contribution in [2.24, 2.45) is 0 Å². The van der Waals surface area contributed by atoms with Gasteiger partial charge in [0.2, 0.25) is 0 Å². The van der Waals surface area contributed by atoms with E-state index in [0.717, 1.165) is 45.4 Å². The number of aryl methyl sites for hydroxylation is 1. The molecular formula is C40H43ClFN3O5S. The van der Waals surface area contributed by atoms with Crippen LogP contribution >= 0.6 is 22.3 Å². The van der Waals surface area contributed by atoms with Crippen molar-refractivity contribution in [3.8, 4) is 0 Å². The third kappa shape index (κ3) is 9.31. The quantitative estimate of drug-likeness (QED) is 0.0431. The fourth-order valence-electron chi connectivity index (χ4n) is 6.28. The normalized spacial score (nSPS) is 13.9. The lowest BCUT2D eigenvalue weighted by molar-refractivity contribution is -0.384. The van der Waals surface area contributed by atoms with Crippen LogP contribution in [0.5, 0.6) is 0 Å². The number of aromatic nitrogens is 1. The summed E-state index contributed by atoms with van der Waals surface area (Å²) in [6.45, 7) is 11.9. The van der Waals surface area contributed by atoms with E-state index in [4.69, 9.17) is 11.6 Å². The van der Waals surface area contributed by atoms with Crippen LogP contribution in [0.1, 0.15) is 78.9 Å². The van der Waals surface area contributed by atoms with Gasteiger partial charge >= 0.3 is 5.97 Å². The number of halogens is 2. The van der Waals surface area contributed by atoms with Gasteiger partial charge in [0, 0.05) is 51.7 Å². The summed E-state index contributed by atoms with van der Waals surface area (Å²) in [4.78, 5) is 36.1. The molecule has 51 heavy (non-hydrogen) atoms. The number of hydrogen-bond donors (Lipinski definition) is 1. The molecule has 0 aliphatic carbocycles. The second kappa shape index (κ2) is 17.9. The maximum Gasteiger partial charge on any atom is 0.307 e. The molecule has 0 fully saturated rings. The third-order valence-electron chi connectivity index (χ3n) is 8.69. The van der Waals surface area contributed by atoms with Crippen LogP contribution in [0.15, 0.2) is 107 Å². The molecule has 268 valence electrons. The van der Waals surface area contributed by atoms with Crippen molar-refractivity contribution in [2.75, 3.05) is 13.7 Å². The number of carbonyl (C=O) groups is 2. The van der Waals surface area contributed by atoms with Gasteiger partial charge in [-0.1, -0.05) is 72.1 Å². The van der Waals surface area contributed by atoms with Gasteiger partial charge in [-0.3, -0.25) is 23.7 Å². The van der Waals surface area contributed by atoms with Crippen LogP contribution in [-0.4, -0.2) is 39.8 Å². The largest absolute Gasteiger partial charge is 0.469 e. The van der Waals surface area contributed by atoms with Crippen molar-refractivity contribution in [3.05, 3.63) is 140 Å². The highest BCUT2D eigenvalue weighted by Crippen LogP contribution is 2.47. The number of non-ortho nitro benzene ring substituents is 1. The summed E-state index contributed by atoms with van der Waals surface area (Å²) >= 11 is 6.36. The van der Waals surface area contributed by atoms with E-state index >= 15 is 4.39 Å². The van der Waals surface area contributed by atoms with Crippen molar-refractivity contribution in [2.45, 2.75) is 63.7 Å². The SMILES string of the molecule is C=C/C(Cl)=C\C=C(/C)C(c1cn(/S(=C\C)c2ccc([N+](=O)[O-])cc2)c2c(F)cc(C)cc12)[C@H](CCC)c1ccc(C(=O)NCCC(=O)OC)cc1. The summed E-state index contributed by atoms with van der Waals surface area (Å²) in [7, 11) is 0.526. The molecule has 0 saturated heterocycles. The Labute approximate surface area is 305 Å². The highest BCUT2D eigenvalue weighted by atomic mass is 35.5. The van der Waals surface area contributed by atoms with E-state index in [1.165, 1.54) is 25.3 Å². The number of carbonyl (C=O) groups excluding carboxylic acids is 2. The minimum Gasteiger partial charge on any atom is -0.469 e. The molecule has 0 spiro atoms. The minimum absolute atomic E-state index is 0.0163. The first-order valence-electron chi connectivity index (χ1n) is 16.6. The summed E-state index contributed by atoms with van der Waals surface area (Å²) in [5, 5.41) is 17.4. The Morgan fingerprint density at radius 1 is 1.14 bits per heavy atom. The molecule has 0 radical (unpaired) electrons. The van der Waals surface area contributed by atoms with Gasteiger partial charge in [0.15, 0.2) is 0 Å². The molecule has 4 rings (SSSR count). The zero-order valence-electron chi connectivity index (χ0n) is 29.5. The first-order chi connectivity index (χ1) is 24.4. The van der Waals surface area contributed by atoms with Crippen LogP contribution in [-0.2, 0) is 9.53 Å². The maximum atomic E-state index is 16.2. The van der Waals surface area contributed by atoms with E-state index in [-0.39, 0.29) is 42.2 Å². The van der Waals surface area contributed by atoms with Crippen molar-refractivity contribution in [3.63, 3.8) is 0 Å². The molecule has 0 bridgehead atoms. The van der Waals surface area contributed by atoms with Gasteiger partial charge in [-0.2, -0.15) is 0 Å². The van der Waals surface area contributed by atoms with Gasteiger partial charge in [0.1, 0.15) is 5.82 Å². The maximum absolute atomic E-state index is 16.2. The standard InChI is InChI=1S/C40H43ClFN3O5S/c1-7-10-33(28-12-14-29(15-13-28)40(47)43-22-21-37(46)50-6)38(27(5)11-16-30(41)8-2)35-25-44(39-34(35)23-26(4)24-36(39)42)51(9-3)32-19-17-31(18-20-32)45(48)49/h8-9,11-20,23-25,33,38H,2,7,10,21-22H2,1,3-6H3,(H,43,47)/b27-11+,30-16+/t33-,38?,51?/m1/s1. The van der Waals surface area contributed by atoms with Crippen molar-refractivity contribution in [1.29, 1.82) is 0 Å². The van der Waals surface area contributed by atoms with Crippen LogP contribution in [0.2, 0.25) is 0 Å². The van der Waals surface area contributed by atoms with E-state index in [9.17, 15) is 19.7 Å². The molecule has 11 heteroatoms. The zero-order valence-corrected chi connectivity index (χ0v) is 31.0. The van der Waals surface area contributed by atoms with E-state index in [2.05, 4.69) is 23.6 Å². The second-order valence-corrected chi connectivity index (χ2v) is 14.5. The van der Waals surface area contributed by atoms with Crippen LogP contribution < -0.4 is 5.32 Å². The first-order valence-corrected chi connectivity index (χ1v) is 18.3. The van der Waals surface area contributed by atoms with Gasteiger partial charge in [0.05, 0.1) is 24.0 Å². The fraction of sp³-hybridized carbons (Fsp3) is 0.275. The Morgan fingerprint density at radius 2 is 1.82 bits per heavy atom. The molecule has 0 aliphatic rings. The number of amides is 1. The Kier molecular flexibility index (Phi) is 13.7. The number of fused-ring (bicyclic) bond motifs is 1. The van der Waals surface area contributed by atoms with Crippen molar-refractivity contribution >= 4 is 56.1 Å². The Morgan fingerprint density at radius 3 is 2.41 bits per heavy atom. The van der Waals surface area contributed by atoms with Crippen molar-refractivity contribution < 1.29 is 23.6 Å². The van der Waals surface area contributed by atoms with Crippen LogP contribution in [0.4, 0.5) is 10.1 Å². The number of esters is 1. The molecule has 4 aromatic rings. The lowest BCUT2D eigenvalue weighted by atomic mass is 9.75. The van der Waals surface area contributed by atoms with Gasteiger partial charge in [-0.05, 0) is 97.6 Å². The number of hydrogen-bond acceptors (Lipinski definition) is 5. The molecule has 8 nitrogen and oxygen atoms in total. The summed E-state index contributed by atoms with van der Waals surface area (Å²) in [5.41, 5.74) is 4.59. The van der Waals surface area contributed by atoms with Gasteiger partial charge in [-0.25, -0.2) is 4.39 Å². The van der Waals surface area contributed by atoms with E-state index in [1.54, 1.807) is 36.4 Å². The average Bonchev–Trinajstić information content (AvgIpc) is 3.49. The molecule has 3 aromatic carbocycles. The van der Waals surface area contributed by atoms with Crippen LogP contribution in [0.3, 0.4) is 0 Å². The Bertz CT molecular complexity index is 2020. The molecule has 1 heterocycles. The van der Waals surface area contributed by atoms with E-state index in [1.807, 2.05) is 60.6 Å². The Balaban J connectivity index is 1.91. The molecule has 1 N–H and O–H groups in total. The number of nitro benzene ring substituents is 1. The second-order valence-electron chi connectivity index (χ2n) is 12.1. The lowest BCUT2D eigenvalue weighted by Gasteiger charge is -2.29. The molecule has 0 saturated carbocycles. The number of rotatable bonds is 15. The molecule has 3 atom stereocenters. The van der Waals surface area contributed by atoms with E-state index in [0.29, 0.717) is 16.1 Å². The van der Waals surface area contributed by atoms with Gasteiger partial charge in [0.25, 0.3) is 11.6 Å². The van der Waals surface area contributed by atoms with Gasteiger partial charge in [-0.15, -0.1) is 0 Å². The molecule has 1 amide bonds. The highest BCUT2D eigenvalue weighted by Gasteiger charge is 2.30. The minimum atomic E-state index is -0.779. The summed E-state index contributed by atoms with van der Waals surface area (Å²) in [5.74, 6) is -1.37. The predicted molar refractivity (Wildman–Crippen MR) is 206 cm³/mol. The van der Waals surface area contributed by atoms with Crippen LogP contribution in [0.25, 0.3) is 10.9 Å². The fourth-order valence-corrected chi connectivity index (χ4v) is 8.09. The predicted octanol–water partition coefficient (Wildman–Crippen LogP) is 10.1. The van der Waals surface area contributed by atoms with Crippen LogP contribution in [0, 0.1) is 22.9 Å². The number of nitrogens with zero attached hydrogens (tertiary/aromatic N) is 2. The molecule has 2 unspecified atom stereocenters. The van der Waals surface area contributed by atoms with Crippen molar-refractivity contribution in [1.82, 2.24) is 9.29 Å². The number of allylic oxidation sites excluding steroid dienone is 5. The Hall–Kier alpha value is -4.80. The average molecular weight is 732 g/mol.